The van der Waals surface area contributed by atoms with E-state index in [-0.39, 0.29) is 12.5 Å². The summed E-state index contributed by atoms with van der Waals surface area (Å²) in [4.78, 5) is 14.2. The molecule has 1 heterocycles. The number of sulfonamides is 1. The van der Waals surface area contributed by atoms with Crippen molar-refractivity contribution in [3.05, 3.63) is 0 Å². The first-order valence-corrected chi connectivity index (χ1v) is 8.63. The molecule has 2 fully saturated rings. The van der Waals surface area contributed by atoms with E-state index in [1.165, 1.54) is 19.9 Å². The molecule has 0 aromatic carbocycles. The standard InChI is InChI=1S/C12H23N3O3S/c1-14(19(2,17)18)9-12(16)13-7-10-5-6-15(8-10)11-3-4-11/h10-11H,3-9H2,1-2H3,(H,13,16)/t10-/m1/s1. The Hall–Kier alpha value is -0.660. The van der Waals surface area contributed by atoms with Crippen LogP contribution in [0.1, 0.15) is 19.3 Å². The average Bonchev–Trinajstić information content (AvgIpc) is 3.05. The molecular formula is C12H23N3O3S. The Morgan fingerprint density at radius 2 is 2.05 bits per heavy atom. The van der Waals surface area contributed by atoms with E-state index < -0.39 is 10.0 Å². The molecule has 19 heavy (non-hydrogen) atoms. The lowest BCUT2D eigenvalue weighted by Gasteiger charge is -2.16. The molecule has 0 radical (unpaired) electrons. The third-order valence-corrected chi connectivity index (χ3v) is 5.16. The normalized spacial score (nSPS) is 24.9. The molecule has 0 spiro atoms. The van der Waals surface area contributed by atoms with E-state index in [1.54, 1.807) is 0 Å². The molecule has 1 N–H and O–H groups in total. The molecule has 1 amide bonds. The van der Waals surface area contributed by atoms with Crippen LogP contribution in [0.4, 0.5) is 0 Å². The molecule has 110 valence electrons. The van der Waals surface area contributed by atoms with Crippen LogP contribution in [-0.2, 0) is 14.8 Å². The quantitative estimate of drug-likeness (QED) is 0.714. The van der Waals surface area contributed by atoms with Crippen LogP contribution < -0.4 is 5.32 Å². The van der Waals surface area contributed by atoms with Gasteiger partial charge in [-0.25, -0.2) is 8.42 Å². The molecule has 1 aliphatic carbocycles. The molecule has 1 atom stereocenters. The lowest BCUT2D eigenvalue weighted by molar-refractivity contribution is -0.121. The third kappa shape index (κ3) is 4.43. The second-order valence-electron chi connectivity index (χ2n) is 5.70. The lowest BCUT2D eigenvalue weighted by Crippen LogP contribution is -2.40. The van der Waals surface area contributed by atoms with Gasteiger partial charge in [-0.1, -0.05) is 0 Å². The molecule has 1 saturated carbocycles. The number of nitrogens with one attached hydrogen (secondary N) is 1. The summed E-state index contributed by atoms with van der Waals surface area (Å²) < 4.78 is 23.4. The van der Waals surface area contributed by atoms with Crippen LogP contribution in [0.3, 0.4) is 0 Å². The van der Waals surface area contributed by atoms with E-state index in [1.807, 2.05) is 0 Å². The number of nitrogens with zero attached hydrogens (tertiary/aromatic N) is 2. The minimum Gasteiger partial charge on any atom is -0.355 e. The summed E-state index contributed by atoms with van der Waals surface area (Å²) in [6, 6.07) is 0.789. The Kier molecular flexibility index (Phi) is 4.47. The zero-order valence-electron chi connectivity index (χ0n) is 11.6. The number of hydrogen-bond acceptors (Lipinski definition) is 4. The number of likely N-dealkylation sites (N-methyl/N-ethyl adjacent to an activating group) is 1. The van der Waals surface area contributed by atoms with Gasteiger partial charge in [0.1, 0.15) is 0 Å². The highest BCUT2D eigenvalue weighted by Gasteiger charge is 2.34. The zero-order chi connectivity index (χ0) is 14.0. The van der Waals surface area contributed by atoms with E-state index in [0.29, 0.717) is 12.5 Å². The van der Waals surface area contributed by atoms with Crippen molar-refractivity contribution in [2.75, 3.05) is 39.5 Å². The van der Waals surface area contributed by atoms with Gasteiger partial charge in [-0.3, -0.25) is 4.79 Å². The number of amides is 1. The van der Waals surface area contributed by atoms with Crippen LogP contribution in [-0.4, -0.2) is 69.1 Å². The fourth-order valence-corrected chi connectivity index (χ4v) is 2.79. The van der Waals surface area contributed by atoms with Gasteiger partial charge in [0.05, 0.1) is 12.8 Å². The molecule has 0 unspecified atom stereocenters. The Morgan fingerprint density at radius 1 is 1.37 bits per heavy atom. The van der Waals surface area contributed by atoms with Crippen molar-refractivity contribution in [1.82, 2.24) is 14.5 Å². The van der Waals surface area contributed by atoms with Crippen LogP contribution in [0.25, 0.3) is 0 Å². The van der Waals surface area contributed by atoms with E-state index in [4.69, 9.17) is 0 Å². The van der Waals surface area contributed by atoms with Crippen LogP contribution >= 0.6 is 0 Å². The Labute approximate surface area is 115 Å². The lowest BCUT2D eigenvalue weighted by atomic mass is 10.1. The molecule has 0 bridgehead atoms. The van der Waals surface area contributed by atoms with Crippen molar-refractivity contribution in [1.29, 1.82) is 0 Å². The van der Waals surface area contributed by atoms with Gasteiger partial charge < -0.3 is 10.2 Å². The summed E-state index contributed by atoms with van der Waals surface area (Å²) in [6.45, 7) is 2.75. The van der Waals surface area contributed by atoms with Crippen LogP contribution in [0.2, 0.25) is 0 Å². The van der Waals surface area contributed by atoms with Gasteiger partial charge in [-0.15, -0.1) is 0 Å². The summed E-state index contributed by atoms with van der Waals surface area (Å²) in [5.41, 5.74) is 0. The van der Waals surface area contributed by atoms with E-state index >= 15 is 0 Å². The van der Waals surface area contributed by atoms with Gasteiger partial charge in [-0.2, -0.15) is 4.31 Å². The molecule has 1 saturated heterocycles. The summed E-state index contributed by atoms with van der Waals surface area (Å²) in [5.74, 6) is 0.283. The molecule has 7 heteroatoms. The first-order valence-electron chi connectivity index (χ1n) is 6.78. The Bertz CT molecular complexity index is 434. The smallest absolute Gasteiger partial charge is 0.235 e. The summed E-state index contributed by atoms with van der Waals surface area (Å²) in [5, 5.41) is 2.84. The fraction of sp³-hybridized carbons (Fsp3) is 0.917. The monoisotopic (exact) mass is 289 g/mol. The SMILES string of the molecule is CN(CC(=O)NC[C@H]1CCN(C2CC2)C1)S(C)(=O)=O. The van der Waals surface area contributed by atoms with Crippen molar-refractivity contribution >= 4 is 15.9 Å². The summed E-state index contributed by atoms with van der Waals surface area (Å²) in [6.07, 6.45) is 4.86. The zero-order valence-corrected chi connectivity index (χ0v) is 12.4. The highest BCUT2D eigenvalue weighted by atomic mass is 32.2. The largest absolute Gasteiger partial charge is 0.355 e. The van der Waals surface area contributed by atoms with Gasteiger partial charge in [0, 0.05) is 26.2 Å². The van der Waals surface area contributed by atoms with E-state index in [9.17, 15) is 13.2 Å². The predicted octanol–water partition coefficient (Wildman–Crippen LogP) is -0.522. The third-order valence-electron chi connectivity index (χ3n) is 3.90. The minimum absolute atomic E-state index is 0.0993. The van der Waals surface area contributed by atoms with E-state index in [2.05, 4.69) is 10.2 Å². The Balaban J connectivity index is 1.66. The van der Waals surface area contributed by atoms with Gasteiger partial charge >= 0.3 is 0 Å². The average molecular weight is 289 g/mol. The van der Waals surface area contributed by atoms with Gasteiger partial charge in [0.15, 0.2) is 0 Å². The molecule has 0 aromatic rings. The molecule has 0 aromatic heterocycles. The van der Waals surface area contributed by atoms with Crippen molar-refractivity contribution in [2.24, 2.45) is 5.92 Å². The summed E-state index contributed by atoms with van der Waals surface area (Å²) >= 11 is 0. The van der Waals surface area contributed by atoms with Crippen LogP contribution in [0.15, 0.2) is 0 Å². The highest BCUT2D eigenvalue weighted by Crippen LogP contribution is 2.31. The van der Waals surface area contributed by atoms with Gasteiger partial charge in [0.25, 0.3) is 0 Å². The van der Waals surface area contributed by atoms with Crippen LogP contribution in [0, 0.1) is 5.92 Å². The van der Waals surface area contributed by atoms with Crippen molar-refractivity contribution in [2.45, 2.75) is 25.3 Å². The maximum Gasteiger partial charge on any atom is 0.235 e. The maximum atomic E-state index is 11.7. The second kappa shape index (κ2) is 5.76. The topological polar surface area (TPSA) is 69.7 Å². The highest BCUT2D eigenvalue weighted by molar-refractivity contribution is 7.88. The molecule has 2 aliphatic rings. The molecule has 1 aliphatic heterocycles. The van der Waals surface area contributed by atoms with Gasteiger partial charge in [0.2, 0.25) is 15.9 Å². The number of likely N-dealkylation sites (tertiary alicyclic amines) is 1. The first kappa shape index (κ1) is 14.7. The Morgan fingerprint density at radius 3 is 2.63 bits per heavy atom. The molecule has 6 nitrogen and oxygen atoms in total. The fourth-order valence-electron chi connectivity index (χ4n) is 2.43. The number of rotatable bonds is 6. The molecule has 2 rings (SSSR count). The molecular weight excluding hydrogens is 266 g/mol. The maximum absolute atomic E-state index is 11.7. The number of hydrogen-bond donors (Lipinski definition) is 1. The van der Waals surface area contributed by atoms with Gasteiger partial charge in [-0.05, 0) is 31.7 Å². The van der Waals surface area contributed by atoms with Crippen LogP contribution in [0.5, 0.6) is 0 Å². The summed E-state index contributed by atoms with van der Waals surface area (Å²) in [7, 11) is -1.87. The van der Waals surface area contributed by atoms with Crippen molar-refractivity contribution in [3.8, 4) is 0 Å². The van der Waals surface area contributed by atoms with Crippen molar-refractivity contribution in [3.63, 3.8) is 0 Å². The predicted molar refractivity (Wildman–Crippen MR) is 73.2 cm³/mol. The minimum atomic E-state index is -3.28. The van der Waals surface area contributed by atoms with Crippen molar-refractivity contribution < 1.29 is 13.2 Å². The van der Waals surface area contributed by atoms with E-state index in [0.717, 1.165) is 36.1 Å². The second-order valence-corrected chi connectivity index (χ2v) is 7.79. The first-order chi connectivity index (χ1) is 8.86. The number of carbonyl (C=O) groups is 1. The number of carbonyl (C=O) groups excluding carboxylic acids is 1.